The monoisotopic (exact) mass is 373 g/mol. The van der Waals surface area contributed by atoms with Crippen LogP contribution in [0.25, 0.3) is 0 Å². The van der Waals surface area contributed by atoms with E-state index in [0.29, 0.717) is 32.0 Å². The molecule has 0 aliphatic carbocycles. The number of morpholine rings is 1. The molecular formula is C19H23N3O3S. The van der Waals surface area contributed by atoms with Gasteiger partial charge in [0, 0.05) is 39.1 Å². The van der Waals surface area contributed by atoms with Crippen molar-refractivity contribution in [2.45, 2.75) is 4.90 Å². The van der Waals surface area contributed by atoms with Crippen molar-refractivity contribution >= 4 is 27.6 Å². The second kappa shape index (κ2) is 7.99. The second-order valence-corrected chi connectivity index (χ2v) is 8.19. The van der Waals surface area contributed by atoms with Crippen molar-refractivity contribution in [3.8, 4) is 0 Å². The van der Waals surface area contributed by atoms with Crippen LogP contribution in [0.3, 0.4) is 0 Å². The van der Waals surface area contributed by atoms with Crippen LogP contribution < -0.4 is 4.90 Å². The predicted octanol–water partition coefficient (Wildman–Crippen LogP) is 2.52. The van der Waals surface area contributed by atoms with Crippen molar-refractivity contribution in [3.63, 3.8) is 0 Å². The number of rotatable bonds is 5. The maximum atomic E-state index is 12.6. The summed E-state index contributed by atoms with van der Waals surface area (Å²) in [5.41, 5.74) is 2.82. The van der Waals surface area contributed by atoms with Gasteiger partial charge in [0.05, 0.1) is 23.8 Å². The Morgan fingerprint density at radius 2 is 1.62 bits per heavy atom. The summed E-state index contributed by atoms with van der Waals surface area (Å²) in [4.78, 5) is 6.74. The van der Waals surface area contributed by atoms with Crippen LogP contribution >= 0.6 is 0 Å². The molecule has 0 atom stereocenters. The first-order chi connectivity index (χ1) is 12.5. The largest absolute Gasteiger partial charge is 0.379 e. The molecule has 26 heavy (non-hydrogen) atoms. The molecule has 0 spiro atoms. The lowest BCUT2D eigenvalue weighted by Gasteiger charge is -2.26. The van der Waals surface area contributed by atoms with Crippen LogP contribution in [0.2, 0.25) is 0 Å². The van der Waals surface area contributed by atoms with Crippen molar-refractivity contribution in [1.29, 1.82) is 0 Å². The number of hydrogen-bond donors (Lipinski definition) is 0. The van der Waals surface area contributed by atoms with Gasteiger partial charge in [-0.05, 0) is 42.0 Å². The van der Waals surface area contributed by atoms with Crippen LogP contribution in [0, 0.1) is 0 Å². The molecule has 1 fully saturated rings. The van der Waals surface area contributed by atoms with Crippen LogP contribution in [0.15, 0.2) is 58.4 Å². The lowest BCUT2D eigenvalue weighted by molar-refractivity contribution is 0.0730. The molecule has 1 saturated heterocycles. The minimum Gasteiger partial charge on any atom is -0.379 e. The SMILES string of the molecule is CN(C)c1ccc(C=Nc2ccc(S(=O)(=O)N3CCOCC3)cc2)cc1. The quantitative estimate of drug-likeness (QED) is 0.756. The normalized spacial score (nSPS) is 16.1. The average molecular weight is 373 g/mol. The lowest BCUT2D eigenvalue weighted by Crippen LogP contribution is -2.40. The van der Waals surface area contributed by atoms with E-state index in [1.54, 1.807) is 30.5 Å². The number of benzene rings is 2. The molecule has 1 heterocycles. The summed E-state index contributed by atoms with van der Waals surface area (Å²) in [7, 11) is 0.529. The molecule has 0 saturated carbocycles. The van der Waals surface area contributed by atoms with E-state index in [2.05, 4.69) is 4.99 Å². The summed E-state index contributed by atoms with van der Waals surface area (Å²) in [5.74, 6) is 0. The number of aliphatic imine (C=N–C) groups is 1. The predicted molar refractivity (Wildman–Crippen MR) is 104 cm³/mol. The summed E-state index contributed by atoms with van der Waals surface area (Å²) >= 11 is 0. The van der Waals surface area contributed by atoms with Gasteiger partial charge in [-0.2, -0.15) is 4.31 Å². The Kier molecular flexibility index (Phi) is 5.70. The van der Waals surface area contributed by atoms with Gasteiger partial charge in [0.2, 0.25) is 10.0 Å². The molecule has 0 bridgehead atoms. The first kappa shape index (κ1) is 18.6. The Morgan fingerprint density at radius 1 is 1.00 bits per heavy atom. The molecule has 2 aromatic rings. The number of hydrogen-bond acceptors (Lipinski definition) is 5. The van der Waals surface area contributed by atoms with Crippen molar-refractivity contribution in [2.24, 2.45) is 4.99 Å². The molecule has 0 radical (unpaired) electrons. The van der Waals surface area contributed by atoms with Gasteiger partial charge in [-0.25, -0.2) is 8.42 Å². The first-order valence-corrected chi connectivity index (χ1v) is 9.90. The van der Waals surface area contributed by atoms with E-state index < -0.39 is 10.0 Å². The van der Waals surface area contributed by atoms with Crippen LogP contribution in [-0.2, 0) is 14.8 Å². The zero-order chi connectivity index (χ0) is 18.6. The summed E-state index contributed by atoms with van der Waals surface area (Å²) in [5, 5.41) is 0. The zero-order valence-electron chi connectivity index (χ0n) is 15.0. The summed E-state index contributed by atoms with van der Waals surface area (Å²) in [6, 6.07) is 14.7. The fourth-order valence-electron chi connectivity index (χ4n) is 2.65. The van der Waals surface area contributed by atoms with Gasteiger partial charge in [-0.15, -0.1) is 0 Å². The second-order valence-electron chi connectivity index (χ2n) is 6.25. The molecule has 1 aliphatic rings. The van der Waals surface area contributed by atoms with E-state index in [1.165, 1.54) is 4.31 Å². The van der Waals surface area contributed by atoms with E-state index in [9.17, 15) is 8.42 Å². The van der Waals surface area contributed by atoms with E-state index >= 15 is 0 Å². The number of nitrogens with zero attached hydrogens (tertiary/aromatic N) is 3. The Hall–Kier alpha value is -2.22. The third-order valence-electron chi connectivity index (χ3n) is 4.22. The minimum atomic E-state index is -3.46. The molecule has 3 rings (SSSR count). The highest BCUT2D eigenvalue weighted by Gasteiger charge is 2.25. The highest BCUT2D eigenvalue weighted by Crippen LogP contribution is 2.21. The summed E-state index contributed by atoms with van der Waals surface area (Å²) in [6.07, 6.45) is 1.77. The third kappa shape index (κ3) is 4.30. The van der Waals surface area contributed by atoms with Gasteiger partial charge in [0.25, 0.3) is 0 Å². The van der Waals surface area contributed by atoms with Gasteiger partial charge >= 0.3 is 0 Å². The number of anilines is 1. The van der Waals surface area contributed by atoms with Gasteiger partial charge in [-0.1, -0.05) is 12.1 Å². The molecule has 0 N–H and O–H groups in total. The molecule has 1 aliphatic heterocycles. The van der Waals surface area contributed by atoms with Gasteiger partial charge < -0.3 is 9.64 Å². The van der Waals surface area contributed by atoms with Crippen molar-refractivity contribution in [3.05, 3.63) is 54.1 Å². The molecule has 0 unspecified atom stereocenters. The van der Waals surface area contributed by atoms with Crippen LogP contribution in [0.4, 0.5) is 11.4 Å². The highest BCUT2D eigenvalue weighted by atomic mass is 32.2. The Morgan fingerprint density at radius 3 is 2.19 bits per heavy atom. The molecule has 0 amide bonds. The molecule has 138 valence electrons. The molecule has 7 heteroatoms. The third-order valence-corrected chi connectivity index (χ3v) is 6.13. The Balaban J connectivity index is 1.71. The zero-order valence-corrected chi connectivity index (χ0v) is 15.8. The highest BCUT2D eigenvalue weighted by molar-refractivity contribution is 7.89. The Labute approximate surface area is 154 Å². The minimum absolute atomic E-state index is 0.286. The van der Waals surface area contributed by atoms with E-state index in [0.717, 1.165) is 11.3 Å². The van der Waals surface area contributed by atoms with Crippen LogP contribution in [0.1, 0.15) is 5.56 Å². The first-order valence-electron chi connectivity index (χ1n) is 8.46. The van der Waals surface area contributed by atoms with Gasteiger partial charge in [0.1, 0.15) is 0 Å². The average Bonchev–Trinajstić information content (AvgIpc) is 2.67. The number of sulfonamides is 1. The van der Waals surface area contributed by atoms with Crippen LogP contribution in [0.5, 0.6) is 0 Å². The maximum absolute atomic E-state index is 12.6. The standard InChI is InChI=1S/C19H23N3O3S/c1-21(2)18-7-3-16(4-8-18)15-20-17-5-9-19(10-6-17)26(23,24)22-11-13-25-14-12-22/h3-10,15H,11-14H2,1-2H3. The fourth-order valence-corrected chi connectivity index (χ4v) is 4.06. The van der Waals surface area contributed by atoms with E-state index in [1.807, 2.05) is 43.3 Å². The van der Waals surface area contributed by atoms with Crippen LogP contribution in [-0.4, -0.2) is 59.3 Å². The molecule has 6 nitrogen and oxygen atoms in total. The Bertz CT molecular complexity index is 854. The summed E-state index contributed by atoms with van der Waals surface area (Å²) in [6.45, 7) is 1.67. The number of ether oxygens (including phenoxy) is 1. The molecular weight excluding hydrogens is 350 g/mol. The smallest absolute Gasteiger partial charge is 0.243 e. The molecule has 0 aromatic heterocycles. The molecule has 2 aromatic carbocycles. The van der Waals surface area contributed by atoms with Crippen molar-refractivity contribution in [1.82, 2.24) is 4.31 Å². The van der Waals surface area contributed by atoms with Gasteiger partial charge in [-0.3, -0.25) is 4.99 Å². The maximum Gasteiger partial charge on any atom is 0.243 e. The fraction of sp³-hybridized carbons (Fsp3) is 0.316. The lowest BCUT2D eigenvalue weighted by atomic mass is 10.2. The van der Waals surface area contributed by atoms with Crippen molar-refractivity contribution < 1.29 is 13.2 Å². The topological polar surface area (TPSA) is 62.2 Å². The van der Waals surface area contributed by atoms with E-state index in [-0.39, 0.29) is 4.90 Å². The van der Waals surface area contributed by atoms with Gasteiger partial charge in [0.15, 0.2) is 0 Å². The van der Waals surface area contributed by atoms with Crippen molar-refractivity contribution in [2.75, 3.05) is 45.3 Å². The van der Waals surface area contributed by atoms with E-state index in [4.69, 9.17) is 4.74 Å². The summed E-state index contributed by atoms with van der Waals surface area (Å²) < 4.78 is 31.9.